The Bertz CT molecular complexity index is 1580. The third-order valence-electron chi connectivity index (χ3n) is 8.05. The second kappa shape index (κ2) is 10.2. The van der Waals surface area contributed by atoms with E-state index in [0.717, 1.165) is 17.0 Å². The van der Waals surface area contributed by atoms with Crippen molar-refractivity contribution in [2.75, 3.05) is 12.8 Å². The molecular formula is C26H28F2N6O5S. The van der Waals surface area contributed by atoms with E-state index >= 15 is 0 Å². The quantitative estimate of drug-likeness (QED) is 0.373. The van der Waals surface area contributed by atoms with E-state index in [-0.39, 0.29) is 35.5 Å². The first kappa shape index (κ1) is 27.6. The summed E-state index contributed by atoms with van der Waals surface area (Å²) in [7, 11) is -3.66. The van der Waals surface area contributed by atoms with Gasteiger partial charge in [-0.1, -0.05) is 12.1 Å². The summed E-state index contributed by atoms with van der Waals surface area (Å²) < 4.78 is 53.8. The van der Waals surface area contributed by atoms with Gasteiger partial charge in [-0.25, -0.2) is 26.7 Å². The Morgan fingerprint density at radius 2 is 1.62 bits per heavy atom. The number of hydrogen-bond acceptors (Lipinski definition) is 7. The molecule has 2 heterocycles. The highest BCUT2D eigenvalue weighted by atomic mass is 32.2. The molecule has 1 aromatic carbocycles. The Balaban J connectivity index is 1.28. The Hall–Kier alpha value is -3.94. The van der Waals surface area contributed by atoms with Crippen molar-refractivity contribution in [1.29, 1.82) is 0 Å². The van der Waals surface area contributed by atoms with E-state index in [0.29, 0.717) is 44.1 Å². The zero-order valence-corrected chi connectivity index (χ0v) is 22.5. The molecule has 0 saturated heterocycles. The van der Waals surface area contributed by atoms with Gasteiger partial charge in [0.25, 0.3) is 11.8 Å². The van der Waals surface area contributed by atoms with E-state index in [9.17, 15) is 31.6 Å². The smallest absolute Gasteiger partial charge is 0.270 e. The first-order valence-corrected chi connectivity index (χ1v) is 14.7. The van der Waals surface area contributed by atoms with Crippen LogP contribution in [0.3, 0.4) is 0 Å². The van der Waals surface area contributed by atoms with Crippen molar-refractivity contribution in [2.45, 2.75) is 45.1 Å². The molecule has 3 saturated carbocycles. The number of amides is 3. The molecule has 2 aromatic heterocycles. The molecule has 3 amide bonds. The van der Waals surface area contributed by atoms with Gasteiger partial charge in [-0.3, -0.25) is 19.1 Å². The molecule has 3 fully saturated rings. The maximum Gasteiger partial charge on any atom is 0.270 e. The monoisotopic (exact) mass is 574 g/mol. The van der Waals surface area contributed by atoms with E-state index in [1.165, 1.54) is 30.3 Å². The third-order valence-corrected chi connectivity index (χ3v) is 8.60. The van der Waals surface area contributed by atoms with Crippen molar-refractivity contribution in [3.8, 4) is 0 Å². The molecule has 0 radical (unpaired) electrons. The number of aromatic nitrogens is 3. The molecule has 6 rings (SSSR count). The van der Waals surface area contributed by atoms with Crippen LogP contribution in [-0.4, -0.2) is 53.5 Å². The van der Waals surface area contributed by atoms with Crippen LogP contribution < -0.4 is 15.4 Å². The molecule has 212 valence electrons. The molecule has 3 aliphatic rings. The minimum absolute atomic E-state index is 0.0709. The number of nitrogens with zero attached hydrogens (tertiary/aromatic N) is 3. The summed E-state index contributed by atoms with van der Waals surface area (Å²) in [6.45, 7) is 0.358. The van der Waals surface area contributed by atoms with Gasteiger partial charge in [0.15, 0.2) is 11.5 Å². The Labute approximate surface area is 228 Å². The molecule has 14 heteroatoms. The highest BCUT2D eigenvalue weighted by molar-refractivity contribution is 7.89. The number of carbonyl (C=O) groups is 3. The van der Waals surface area contributed by atoms with Crippen LogP contribution in [0.2, 0.25) is 0 Å². The summed E-state index contributed by atoms with van der Waals surface area (Å²) >= 11 is 0. The van der Waals surface area contributed by atoms with Gasteiger partial charge in [-0.15, -0.1) is 0 Å². The topological polar surface area (TPSA) is 152 Å². The zero-order chi connectivity index (χ0) is 28.7. The van der Waals surface area contributed by atoms with Gasteiger partial charge in [0, 0.05) is 19.2 Å². The average Bonchev–Trinajstić information content (AvgIpc) is 3.31. The maximum absolute atomic E-state index is 14.4. The number of benzene rings is 1. The lowest BCUT2D eigenvalue weighted by Gasteiger charge is -2.52. The van der Waals surface area contributed by atoms with Gasteiger partial charge in [0.1, 0.15) is 17.2 Å². The Kier molecular flexibility index (Phi) is 7.06. The van der Waals surface area contributed by atoms with Crippen molar-refractivity contribution in [3.63, 3.8) is 0 Å². The lowest BCUT2D eigenvalue weighted by Crippen LogP contribution is -2.53. The molecule has 0 spiro atoms. The number of nitrogens with one attached hydrogen (secondary N) is 3. The third kappa shape index (κ3) is 5.53. The SMILES string of the molecule is CS(=O)(=O)NC(=O)C12CCC(CNC(=O)c3cc(C(=O)NCc4ccc(F)cc4)nc4c(F)cnn34)(CC1)CC2. The van der Waals surface area contributed by atoms with Crippen LogP contribution in [0.5, 0.6) is 0 Å². The molecular weight excluding hydrogens is 546 g/mol. The van der Waals surface area contributed by atoms with E-state index in [1.807, 2.05) is 0 Å². The standard InChI is InChI=1S/C26H28F2N6O5S/c1-40(38,39)33-24(37)26-9-6-25(7-10-26,8-11-26)15-30-23(36)20-12-19(32-21-18(28)14-31-34(20)21)22(35)29-13-16-2-4-17(27)5-3-16/h2-5,12,14H,6-11,13,15H2,1H3,(H,29,35)(H,30,36)(H,33,37). The summed E-state index contributed by atoms with van der Waals surface area (Å²) in [4.78, 5) is 42.8. The molecule has 0 atom stereocenters. The van der Waals surface area contributed by atoms with Crippen molar-refractivity contribution >= 4 is 33.4 Å². The van der Waals surface area contributed by atoms with Crippen LogP contribution in [-0.2, 0) is 21.4 Å². The van der Waals surface area contributed by atoms with E-state index in [4.69, 9.17) is 0 Å². The van der Waals surface area contributed by atoms with Gasteiger partial charge < -0.3 is 10.6 Å². The van der Waals surface area contributed by atoms with Gasteiger partial charge in [-0.05, 0) is 61.6 Å². The maximum atomic E-state index is 14.4. The summed E-state index contributed by atoms with van der Waals surface area (Å²) in [6.07, 6.45) is 5.26. The van der Waals surface area contributed by atoms with Crippen LogP contribution in [0.25, 0.3) is 5.65 Å². The summed E-state index contributed by atoms with van der Waals surface area (Å²) in [5.74, 6) is -2.91. The number of halogens is 2. The van der Waals surface area contributed by atoms with E-state index in [1.54, 1.807) is 0 Å². The fraction of sp³-hybridized carbons (Fsp3) is 0.423. The molecule has 11 nitrogen and oxygen atoms in total. The number of sulfonamides is 1. The summed E-state index contributed by atoms with van der Waals surface area (Å²) in [5.41, 5.74) is -0.898. The largest absolute Gasteiger partial charge is 0.350 e. The number of carbonyl (C=O) groups excluding carboxylic acids is 3. The van der Waals surface area contributed by atoms with Gasteiger partial charge in [0.05, 0.1) is 17.9 Å². The van der Waals surface area contributed by atoms with Gasteiger partial charge >= 0.3 is 0 Å². The van der Waals surface area contributed by atoms with Crippen molar-refractivity contribution in [1.82, 2.24) is 30.0 Å². The molecule has 2 bridgehead atoms. The number of hydrogen-bond donors (Lipinski definition) is 3. The fourth-order valence-corrected chi connectivity index (χ4v) is 6.15. The zero-order valence-electron chi connectivity index (χ0n) is 21.7. The van der Waals surface area contributed by atoms with Crippen molar-refractivity contribution < 1.29 is 31.6 Å². The van der Waals surface area contributed by atoms with Crippen LogP contribution in [0.4, 0.5) is 8.78 Å². The van der Waals surface area contributed by atoms with E-state index in [2.05, 4.69) is 25.4 Å². The van der Waals surface area contributed by atoms with Crippen molar-refractivity contribution in [3.05, 3.63) is 65.1 Å². The number of fused-ring (bicyclic) bond motifs is 4. The normalized spacial score (nSPS) is 22.2. The Morgan fingerprint density at radius 3 is 2.25 bits per heavy atom. The first-order valence-electron chi connectivity index (χ1n) is 12.8. The number of rotatable bonds is 8. The fourth-order valence-electron chi connectivity index (χ4n) is 5.59. The summed E-state index contributed by atoms with van der Waals surface area (Å²) in [5, 5.41) is 9.41. The molecule has 3 aliphatic carbocycles. The molecule has 0 unspecified atom stereocenters. The van der Waals surface area contributed by atoms with Crippen LogP contribution in [0, 0.1) is 22.5 Å². The van der Waals surface area contributed by atoms with Crippen LogP contribution in [0.1, 0.15) is 65.1 Å². The van der Waals surface area contributed by atoms with Crippen LogP contribution in [0.15, 0.2) is 36.5 Å². The first-order chi connectivity index (χ1) is 18.9. The molecule has 0 aliphatic heterocycles. The molecule has 40 heavy (non-hydrogen) atoms. The Morgan fingerprint density at radius 1 is 0.975 bits per heavy atom. The highest BCUT2D eigenvalue weighted by Crippen LogP contribution is 2.56. The minimum atomic E-state index is -3.66. The van der Waals surface area contributed by atoms with Crippen molar-refractivity contribution in [2.24, 2.45) is 10.8 Å². The average molecular weight is 575 g/mol. The second-order valence-corrected chi connectivity index (χ2v) is 12.5. The van der Waals surface area contributed by atoms with Gasteiger partial charge in [0.2, 0.25) is 15.9 Å². The highest BCUT2D eigenvalue weighted by Gasteiger charge is 2.52. The lowest BCUT2D eigenvalue weighted by molar-refractivity contribution is -0.138. The van der Waals surface area contributed by atoms with Gasteiger partial charge in [-0.2, -0.15) is 5.10 Å². The van der Waals surface area contributed by atoms with E-state index < -0.39 is 44.8 Å². The minimum Gasteiger partial charge on any atom is -0.350 e. The molecule has 3 N–H and O–H groups in total. The summed E-state index contributed by atoms with van der Waals surface area (Å²) in [6, 6.07) is 6.78. The second-order valence-electron chi connectivity index (χ2n) is 10.7. The molecule has 3 aromatic rings. The predicted octanol–water partition coefficient (Wildman–Crippen LogP) is 2.08. The predicted molar refractivity (Wildman–Crippen MR) is 138 cm³/mol. The lowest BCUT2D eigenvalue weighted by atomic mass is 9.53. The van der Waals surface area contributed by atoms with Crippen LogP contribution >= 0.6 is 0 Å².